The van der Waals surface area contributed by atoms with Crippen LogP contribution in [0.1, 0.15) is 18.3 Å². The lowest BCUT2D eigenvalue weighted by atomic mass is 10.0. The van der Waals surface area contributed by atoms with Gasteiger partial charge in [-0.15, -0.1) is 0 Å². The number of nitrogens with zero attached hydrogens (tertiary/aromatic N) is 2. The second-order valence-corrected chi connectivity index (χ2v) is 4.62. The minimum atomic E-state index is -0.171. The number of aromatic nitrogens is 2. The van der Waals surface area contributed by atoms with Gasteiger partial charge < -0.3 is 9.88 Å². The normalized spacial score (nSPS) is 18.6. The molecule has 1 aromatic rings. The highest BCUT2D eigenvalue weighted by Gasteiger charge is 2.27. The zero-order valence-electron chi connectivity index (χ0n) is 10.3. The van der Waals surface area contributed by atoms with Crippen LogP contribution in [0.25, 0.3) is 0 Å². The molecule has 5 heteroatoms. The van der Waals surface area contributed by atoms with Crippen LogP contribution in [0.15, 0.2) is 18.5 Å². The van der Waals surface area contributed by atoms with E-state index in [1.807, 2.05) is 6.92 Å². The third-order valence-corrected chi connectivity index (χ3v) is 2.91. The Morgan fingerprint density at radius 1 is 1.71 bits per heavy atom. The smallest absolute Gasteiger partial charge is 0.240 e. The highest BCUT2D eigenvalue weighted by Crippen LogP contribution is 2.13. The fraction of sp³-hybridized carbons (Fsp3) is 0.500. The molecular formula is C12H18N4O. The van der Waals surface area contributed by atoms with Gasteiger partial charge in [0, 0.05) is 26.6 Å². The van der Waals surface area contributed by atoms with Crippen molar-refractivity contribution < 1.29 is 4.79 Å². The molecule has 1 aromatic heterocycles. The molecule has 1 amide bonds. The van der Waals surface area contributed by atoms with Crippen molar-refractivity contribution in [2.24, 2.45) is 0 Å². The van der Waals surface area contributed by atoms with Crippen LogP contribution >= 0.6 is 0 Å². The van der Waals surface area contributed by atoms with Crippen LogP contribution in [-0.2, 0) is 17.8 Å². The minimum Gasteiger partial charge on any atom is -0.347 e. The van der Waals surface area contributed by atoms with Gasteiger partial charge in [0.25, 0.3) is 0 Å². The first-order valence-corrected chi connectivity index (χ1v) is 5.72. The summed E-state index contributed by atoms with van der Waals surface area (Å²) >= 11 is 0. The van der Waals surface area contributed by atoms with Crippen molar-refractivity contribution in [2.75, 3.05) is 13.6 Å². The average Bonchev–Trinajstić information content (AvgIpc) is 2.73. The first kappa shape index (κ1) is 11.9. The molecule has 1 unspecified atom stereocenters. The molecule has 1 aliphatic heterocycles. The first-order valence-electron chi connectivity index (χ1n) is 5.72. The Kier molecular flexibility index (Phi) is 3.28. The molecule has 0 bridgehead atoms. The van der Waals surface area contributed by atoms with Crippen molar-refractivity contribution >= 4 is 5.91 Å². The van der Waals surface area contributed by atoms with Gasteiger partial charge in [-0.3, -0.25) is 10.1 Å². The summed E-state index contributed by atoms with van der Waals surface area (Å²) < 4.78 is 0. The first-order chi connectivity index (χ1) is 8.08. The van der Waals surface area contributed by atoms with E-state index in [1.54, 1.807) is 18.3 Å². The van der Waals surface area contributed by atoms with Crippen molar-refractivity contribution in [3.8, 4) is 0 Å². The number of likely N-dealkylation sites (N-methyl/N-ethyl adjacent to an activating group) is 1. The highest BCUT2D eigenvalue weighted by atomic mass is 16.2. The number of carbonyl (C=O) groups is 1. The quantitative estimate of drug-likeness (QED) is 0.747. The van der Waals surface area contributed by atoms with Gasteiger partial charge >= 0.3 is 0 Å². The summed E-state index contributed by atoms with van der Waals surface area (Å²) in [6.45, 7) is 7.01. The molecule has 2 N–H and O–H groups in total. The Morgan fingerprint density at radius 3 is 3.18 bits per heavy atom. The van der Waals surface area contributed by atoms with Crippen molar-refractivity contribution in [1.82, 2.24) is 20.2 Å². The zero-order valence-corrected chi connectivity index (χ0v) is 10.3. The van der Waals surface area contributed by atoms with Gasteiger partial charge in [0.2, 0.25) is 5.91 Å². The molecule has 0 spiro atoms. The topological polar surface area (TPSA) is 61.0 Å². The molecule has 1 atom stereocenters. The van der Waals surface area contributed by atoms with Gasteiger partial charge in [0.15, 0.2) is 0 Å². The minimum absolute atomic E-state index is 0.0988. The van der Waals surface area contributed by atoms with Gasteiger partial charge in [-0.05, 0) is 6.92 Å². The van der Waals surface area contributed by atoms with E-state index >= 15 is 0 Å². The number of carbonyl (C=O) groups excluding carboxylic acids is 1. The number of imidazole rings is 1. The number of amides is 1. The second-order valence-electron chi connectivity index (χ2n) is 4.62. The summed E-state index contributed by atoms with van der Waals surface area (Å²) in [5.74, 6) is 0.0988. The predicted molar refractivity (Wildman–Crippen MR) is 65.4 cm³/mol. The molecule has 0 aromatic carbocycles. The summed E-state index contributed by atoms with van der Waals surface area (Å²) in [5.41, 5.74) is 3.06. The fourth-order valence-electron chi connectivity index (χ4n) is 2.09. The molecular weight excluding hydrogens is 216 g/mol. The Morgan fingerprint density at radius 2 is 2.47 bits per heavy atom. The summed E-state index contributed by atoms with van der Waals surface area (Å²) in [6.07, 6.45) is 2.33. The van der Waals surface area contributed by atoms with Crippen molar-refractivity contribution in [3.63, 3.8) is 0 Å². The highest BCUT2D eigenvalue weighted by molar-refractivity contribution is 5.82. The van der Waals surface area contributed by atoms with Gasteiger partial charge in [-0.1, -0.05) is 12.2 Å². The lowest BCUT2D eigenvalue weighted by Gasteiger charge is -2.27. The molecule has 1 aliphatic rings. The Balaban J connectivity index is 2.00. The SMILES string of the molecule is C=C(C)CN(C)C(=O)C1Cc2nc[nH]c2CN1. The monoisotopic (exact) mass is 234 g/mol. The van der Waals surface area contributed by atoms with E-state index in [-0.39, 0.29) is 11.9 Å². The van der Waals surface area contributed by atoms with E-state index in [4.69, 9.17) is 0 Å². The summed E-state index contributed by atoms with van der Waals surface area (Å²) in [6, 6.07) is -0.171. The average molecular weight is 234 g/mol. The molecule has 2 heterocycles. The van der Waals surface area contributed by atoms with Gasteiger partial charge in [0.1, 0.15) is 0 Å². The Bertz CT molecular complexity index is 437. The molecule has 0 fully saturated rings. The number of nitrogens with one attached hydrogen (secondary N) is 2. The summed E-state index contributed by atoms with van der Waals surface area (Å²) in [7, 11) is 1.80. The van der Waals surface area contributed by atoms with Crippen LogP contribution in [0, 0.1) is 0 Å². The third-order valence-electron chi connectivity index (χ3n) is 2.91. The van der Waals surface area contributed by atoms with Crippen LogP contribution in [-0.4, -0.2) is 40.4 Å². The van der Waals surface area contributed by atoms with Crippen LogP contribution in [0.2, 0.25) is 0 Å². The number of aromatic amines is 1. The lowest BCUT2D eigenvalue weighted by molar-refractivity contribution is -0.132. The third kappa shape index (κ3) is 2.55. The van der Waals surface area contributed by atoms with Crippen molar-refractivity contribution in [3.05, 3.63) is 29.9 Å². The van der Waals surface area contributed by atoms with E-state index in [9.17, 15) is 4.79 Å². The van der Waals surface area contributed by atoms with E-state index < -0.39 is 0 Å². The second kappa shape index (κ2) is 4.71. The molecule has 2 rings (SSSR count). The van der Waals surface area contributed by atoms with E-state index in [0.29, 0.717) is 19.5 Å². The van der Waals surface area contributed by atoms with Crippen LogP contribution < -0.4 is 5.32 Å². The largest absolute Gasteiger partial charge is 0.347 e. The Hall–Kier alpha value is -1.62. The molecule has 92 valence electrons. The maximum Gasteiger partial charge on any atom is 0.240 e. The fourth-order valence-corrected chi connectivity index (χ4v) is 2.09. The molecule has 0 saturated heterocycles. The maximum absolute atomic E-state index is 12.1. The predicted octanol–water partition coefficient (Wildman–Crippen LogP) is 0.459. The number of rotatable bonds is 3. The Labute approximate surface area is 101 Å². The molecule has 0 saturated carbocycles. The molecule has 0 aliphatic carbocycles. The van der Waals surface area contributed by atoms with E-state index in [2.05, 4.69) is 21.9 Å². The number of hydrogen-bond acceptors (Lipinski definition) is 3. The molecule has 5 nitrogen and oxygen atoms in total. The van der Waals surface area contributed by atoms with Crippen LogP contribution in [0.3, 0.4) is 0 Å². The number of fused-ring (bicyclic) bond motifs is 1. The number of H-pyrrole nitrogens is 1. The van der Waals surface area contributed by atoms with Crippen LogP contribution in [0.5, 0.6) is 0 Å². The standard InChI is InChI=1S/C12H18N4O/c1-8(2)6-16(3)12(17)10-4-9-11(5-13-10)15-7-14-9/h7,10,13H,1,4-6H2,2-3H3,(H,14,15). The van der Waals surface area contributed by atoms with Gasteiger partial charge in [-0.25, -0.2) is 4.98 Å². The van der Waals surface area contributed by atoms with Crippen LogP contribution in [0.4, 0.5) is 0 Å². The van der Waals surface area contributed by atoms with E-state index in [0.717, 1.165) is 17.0 Å². The van der Waals surface area contributed by atoms with E-state index in [1.165, 1.54) is 0 Å². The zero-order chi connectivity index (χ0) is 12.4. The number of hydrogen-bond donors (Lipinski definition) is 2. The summed E-state index contributed by atoms with van der Waals surface area (Å²) in [4.78, 5) is 21.1. The van der Waals surface area contributed by atoms with Gasteiger partial charge in [0.05, 0.1) is 23.8 Å². The van der Waals surface area contributed by atoms with Gasteiger partial charge in [-0.2, -0.15) is 0 Å². The lowest BCUT2D eigenvalue weighted by Crippen LogP contribution is -2.48. The van der Waals surface area contributed by atoms with Crippen molar-refractivity contribution in [1.29, 1.82) is 0 Å². The van der Waals surface area contributed by atoms with Crippen molar-refractivity contribution in [2.45, 2.75) is 25.9 Å². The maximum atomic E-state index is 12.1. The summed E-state index contributed by atoms with van der Waals surface area (Å²) in [5, 5.41) is 3.22. The molecule has 17 heavy (non-hydrogen) atoms. The molecule has 0 radical (unpaired) electrons.